The molecule has 1 amide bonds. The van der Waals surface area contributed by atoms with Crippen LogP contribution in [0.2, 0.25) is 0 Å². The van der Waals surface area contributed by atoms with Crippen LogP contribution in [0, 0.1) is 0 Å². The van der Waals surface area contributed by atoms with Crippen LogP contribution in [0.1, 0.15) is 13.8 Å². The third kappa shape index (κ3) is 5.49. The third-order valence-corrected chi connectivity index (χ3v) is 1.92. The van der Waals surface area contributed by atoms with Crippen molar-refractivity contribution in [3.8, 4) is 5.75 Å². The minimum absolute atomic E-state index is 0.162. The number of hydrogen-bond acceptors (Lipinski definition) is 4. The number of nitrogens with one attached hydrogen (secondary N) is 1. The molecule has 0 saturated heterocycles. The highest BCUT2D eigenvalue weighted by molar-refractivity contribution is 7.80. The molecular formula is C12H16N2O3S. The summed E-state index contributed by atoms with van der Waals surface area (Å²) in [5.74, 6) is 0.574. The molecule has 1 rings (SSSR count). The number of thiocarbonyl (C=S) groups is 1. The minimum Gasteiger partial charge on any atom is -0.486 e. The summed E-state index contributed by atoms with van der Waals surface area (Å²) in [7, 11) is 0. The Balaban J connectivity index is 2.59. The quantitative estimate of drug-likeness (QED) is 0.802. The number of hydrogen-bond donors (Lipinski definition) is 2. The lowest BCUT2D eigenvalue weighted by atomic mass is 10.3. The van der Waals surface area contributed by atoms with E-state index >= 15 is 0 Å². The predicted molar refractivity (Wildman–Crippen MR) is 74.0 cm³/mol. The molecule has 0 saturated carbocycles. The number of carbonyl (C=O) groups is 1. The molecule has 0 spiro atoms. The molecule has 0 fully saturated rings. The topological polar surface area (TPSA) is 73.6 Å². The maximum absolute atomic E-state index is 11.4. The van der Waals surface area contributed by atoms with Gasteiger partial charge >= 0.3 is 6.09 Å². The Labute approximate surface area is 111 Å². The van der Waals surface area contributed by atoms with Crippen LogP contribution >= 0.6 is 12.2 Å². The van der Waals surface area contributed by atoms with E-state index in [0.717, 1.165) is 0 Å². The molecule has 0 aliphatic heterocycles. The number of anilines is 1. The zero-order valence-electron chi connectivity index (χ0n) is 10.3. The van der Waals surface area contributed by atoms with Crippen LogP contribution in [-0.2, 0) is 4.74 Å². The highest BCUT2D eigenvalue weighted by atomic mass is 32.1. The third-order valence-electron chi connectivity index (χ3n) is 1.80. The van der Waals surface area contributed by atoms with Crippen LogP contribution in [0.25, 0.3) is 0 Å². The molecule has 3 N–H and O–H groups in total. The second kappa shape index (κ2) is 6.80. The summed E-state index contributed by atoms with van der Waals surface area (Å²) in [5, 5.41) is 2.60. The molecule has 0 heterocycles. The maximum Gasteiger partial charge on any atom is 0.411 e. The van der Waals surface area contributed by atoms with Crippen LogP contribution in [0.5, 0.6) is 5.75 Å². The molecule has 0 atom stereocenters. The molecule has 1 aromatic rings. The fourth-order valence-corrected chi connectivity index (χ4v) is 1.24. The van der Waals surface area contributed by atoms with Gasteiger partial charge in [-0.2, -0.15) is 0 Å². The van der Waals surface area contributed by atoms with Gasteiger partial charge in [-0.15, -0.1) is 0 Å². The van der Waals surface area contributed by atoms with E-state index in [-0.39, 0.29) is 17.7 Å². The van der Waals surface area contributed by atoms with E-state index in [1.165, 1.54) is 0 Å². The lowest BCUT2D eigenvalue weighted by Gasteiger charge is -2.10. The Morgan fingerprint density at radius 2 is 2.22 bits per heavy atom. The van der Waals surface area contributed by atoms with Gasteiger partial charge in [0, 0.05) is 11.8 Å². The van der Waals surface area contributed by atoms with E-state index in [1.54, 1.807) is 38.1 Å². The highest BCUT2D eigenvalue weighted by Gasteiger charge is 2.06. The van der Waals surface area contributed by atoms with Crippen molar-refractivity contribution in [1.29, 1.82) is 0 Å². The number of carbonyl (C=O) groups excluding carboxylic acids is 1. The zero-order chi connectivity index (χ0) is 13.5. The molecular weight excluding hydrogens is 252 g/mol. The Hall–Kier alpha value is -1.82. The lowest BCUT2D eigenvalue weighted by Crippen LogP contribution is -2.19. The van der Waals surface area contributed by atoms with Gasteiger partial charge in [0.2, 0.25) is 0 Å². The summed E-state index contributed by atoms with van der Waals surface area (Å²) in [6.07, 6.45) is -0.671. The average molecular weight is 268 g/mol. The Morgan fingerprint density at radius 3 is 2.83 bits per heavy atom. The van der Waals surface area contributed by atoms with Crippen LogP contribution in [0.15, 0.2) is 24.3 Å². The van der Waals surface area contributed by atoms with Crippen molar-refractivity contribution in [2.24, 2.45) is 5.73 Å². The van der Waals surface area contributed by atoms with Gasteiger partial charge in [0.05, 0.1) is 6.10 Å². The Kier molecular flexibility index (Phi) is 5.38. The first-order valence-electron chi connectivity index (χ1n) is 5.46. The summed E-state index contributed by atoms with van der Waals surface area (Å²) < 4.78 is 10.3. The van der Waals surface area contributed by atoms with Gasteiger partial charge < -0.3 is 15.2 Å². The van der Waals surface area contributed by atoms with Crippen LogP contribution < -0.4 is 15.8 Å². The zero-order valence-corrected chi connectivity index (χ0v) is 11.1. The smallest absolute Gasteiger partial charge is 0.411 e. The number of nitrogens with two attached hydrogens (primary N) is 1. The lowest BCUT2D eigenvalue weighted by molar-refractivity contribution is 0.130. The molecule has 0 aliphatic rings. The van der Waals surface area contributed by atoms with Gasteiger partial charge in [0.25, 0.3) is 0 Å². The van der Waals surface area contributed by atoms with Crippen molar-refractivity contribution in [1.82, 2.24) is 0 Å². The number of rotatable bonds is 5. The Morgan fingerprint density at radius 1 is 1.50 bits per heavy atom. The molecule has 0 aromatic heterocycles. The molecule has 98 valence electrons. The maximum atomic E-state index is 11.4. The van der Waals surface area contributed by atoms with Crippen molar-refractivity contribution in [3.63, 3.8) is 0 Å². The summed E-state index contributed by atoms with van der Waals surface area (Å²) in [4.78, 5) is 11.7. The number of amides is 1. The largest absolute Gasteiger partial charge is 0.486 e. The molecule has 6 heteroatoms. The Bertz CT molecular complexity index is 435. The molecule has 5 nitrogen and oxygen atoms in total. The highest BCUT2D eigenvalue weighted by Crippen LogP contribution is 2.17. The first-order valence-corrected chi connectivity index (χ1v) is 5.87. The van der Waals surface area contributed by atoms with Crippen molar-refractivity contribution in [3.05, 3.63) is 24.3 Å². The van der Waals surface area contributed by atoms with Crippen LogP contribution in [-0.4, -0.2) is 23.8 Å². The summed E-state index contributed by atoms with van der Waals surface area (Å²) in [5.41, 5.74) is 5.91. The van der Waals surface area contributed by atoms with Crippen molar-refractivity contribution in [2.75, 3.05) is 11.9 Å². The average Bonchev–Trinajstić information content (AvgIpc) is 2.25. The van der Waals surface area contributed by atoms with E-state index in [4.69, 9.17) is 27.4 Å². The first kappa shape index (κ1) is 14.2. The standard InChI is InChI=1S/C12H16N2O3S/c1-8(2)17-12(15)14-9-4-3-5-10(6-9)16-7-11(13)18/h3-6,8H,7H2,1-2H3,(H2,13,18)(H,14,15). The van der Waals surface area contributed by atoms with Crippen molar-refractivity contribution < 1.29 is 14.3 Å². The molecule has 0 bridgehead atoms. The summed E-state index contributed by atoms with van der Waals surface area (Å²) >= 11 is 4.71. The molecule has 0 unspecified atom stereocenters. The normalized spacial score (nSPS) is 9.94. The van der Waals surface area contributed by atoms with Gasteiger partial charge in [-0.25, -0.2) is 4.79 Å². The van der Waals surface area contributed by atoms with Gasteiger partial charge in [-0.3, -0.25) is 5.32 Å². The van der Waals surface area contributed by atoms with E-state index in [1.807, 2.05) is 0 Å². The van der Waals surface area contributed by atoms with Crippen LogP contribution in [0.3, 0.4) is 0 Å². The molecule has 0 radical (unpaired) electrons. The van der Waals surface area contributed by atoms with E-state index in [2.05, 4.69) is 5.32 Å². The SMILES string of the molecule is CC(C)OC(=O)Nc1cccc(OCC(N)=S)c1. The fourth-order valence-electron chi connectivity index (χ4n) is 1.18. The fraction of sp³-hybridized carbons (Fsp3) is 0.333. The number of benzene rings is 1. The second-order valence-electron chi connectivity index (χ2n) is 3.86. The van der Waals surface area contributed by atoms with Gasteiger partial charge in [-0.1, -0.05) is 18.3 Å². The van der Waals surface area contributed by atoms with E-state index < -0.39 is 6.09 Å². The monoisotopic (exact) mass is 268 g/mol. The number of ether oxygens (including phenoxy) is 2. The molecule has 1 aromatic carbocycles. The second-order valence-corrected chi connectivity index (χ2v) is 4.39. The van der Waals surface area contributed by atoms with Crippen molar-refractivity contribution >= 4 is 29.0 Å². The van der Waals surface area contributed by atoms with Gasteiger partial charge in [0.15, 0.2) is 0 Å². The van der Waals surface area contributed by atoms with Gasteiger partial charge in [0.1, 0.15) is 17.3 Å². The predicted octanol–water partition coefficient (Wildman–Crippen LogP) is 2.31. The van der Waals surface area contributed by atoms with Crippen LogP contribution in [0.4, 0.5) is 10.5 Å². The summed E-state index contributed by atoms with van der Waals surface area (Å²) in [6.45, 7) is 3.72. The summed E-state index contributed by atoms with van der Waals surface area (Å²) in [6, 6.07) is 6.90. The first-order chi connectivity index (χ1) is 8.47. The molecule has 0 aliphatic carbocycles. The van der Waals surface area contributed by atoms with E-state index in [0.29, 0.717) is 11.4 Å². The molecule has 18 heavy (non-hydrogen) atoms. The van der Waals surface area contributed by atoms with Crippen molar-refractivity contribution in [2.45, 2.75) is 20.0 Å². The minimum atomic E-state index is -0.503. The van der Waals surface area contributed by atoms with Gasteiger partial charge in [-0.05, 0) is 26.0 Å². The van der Waals surface area contributed by atoms with E-state index in [9.17, 15) is 4.79 Å².